The minimum absolute atomic E-state index is 0.0842. The molecule has 0 atom stereocenters. The molecule has 0 spiro atoms. The highest BCUT2D eigenvalue weighted by Gasteiger charge is 2.08. The highest BCUT2D eigenvalue weighted by molar-refractivity contribution is 9.10. The van der Waals surface area contributed by atoms with E-state index in [2.05, 4.69) is 15.9 Å². The second kappa shape index (κ2) is 6.52. The molecular weight excluding hydrogens is 325 g/mol. The molecule has 0 saturated heterocycles. The van der Waals surface area contributed by atoms with Crippen LogP contribution >= 0.6 is 15.9 Å². The maximum absolute atomic E-state index is 13.5. The molecule has 20 heavy (non-hydrogen) atoms. The van der Waals surface area contributed by atoms with E-state index in [1.807, 2.05) is 0 Å². The standard InChI is InChI=1S/C15H13BrFNO2/c16-12-3-6-14(17)11(8-12)9-20-15(19)7-10-1-4-13(18)5-2-10/h1-6,8H,7,9,18H2. The number of carbonyl (C=O) groups excluding carboxylic acids is 1. The Hall–Kier alpha value is -1.88. The van der Waals surface area contributed by atoms with E-state index in [1.54, 1.807) is 36.4 Å². The van der Waals surface area contributed by atoms with Gasteiger partial charge in [0.1, 0.15) is 12.4 Å². The van der Waals surface area contributed by atoms with Crippen molar-refractivity contribution in [3.8, 4) is 0 Å². The molecule has 0 fully saturated rings. The Balaban J connectivity index is 1.92. The van der Waals surface area contributed by atoms with E-state index in [0.717, 1.165) is 10.0 Å². The monoisotopic (exact) mass is 337 g/mol. The van der Waals surface area contributed by atoms with Gasteiger partial charge in [-0.25, -0.2) is 4.39 Å². The number of halogens is 2. The lowest BCUT2D eigenvalue weighted by molar-refractivity contribution is -0.144. The molecule has 0 bridgehead atoms. The summed E-state index contributed by atoms with van der Waals surface area (Å²) in [5, 5.41) is 0. The lowest BCUT2D eigenvalue weighted by Gasteiger charge is -2.07. The highest BCUT2D eigenvalue weighted by atomic mass is 79.9. The van der Waals surface area contributed by atoms with Gasteiger partial charge in [-0.15, -0.1) is 0 Å². The maximum atomic E-state index is 13.5. The number of nitrogens with two attached hydrogens (primary N) is 1. The van der Waals surface area contributed by atoms with Gasteiger partial charge in [0.05, 0.1) is 6.42 Å². The number of anilines is 1. The van der Waals surface area contributed by atoms with Crippen molar-refractivity contribution in [2.75, 3.05) is 5.73 Å². The molecule has 5 heteroatoms. The molecule has 2 N–H and O–H groups in total. The van der Waals surface area contributed by atoms with Gasteiger partial charge in [0.25, 0.3) is 0 Å². The molecule has 2 rings (SSSR count). The van der Waals surface area contributed by atoms with Gasteiger partial charge < -0.3 is 10.5 Å². The van der Waals surface area contributed by atoms with Gasteiger partial charge >= 0.3 is 5.97 Å². The average molecular weight is 338 g/mol. The molecule has 0 amide bonds. The maximum Gasteiger partial charge on any atom is 0.310 e. The van der Waals surface area contributed by atoms with Crippen LogP contribution in [-0.4, -0.2) is 5.97 Å². The Labute approximate surface area is 124 Å². The van der Waals surface area contributed by atoms with Crippen molar-refractivity contribution in [3.63, 3.8) is 0 Å². The van der Waals surface area contributed by atoms with Gasteiger partial charge in [0.2, 0.25) is 0 Å². The van der Waals surface area contributed by atoms with Crippen LogP contribution in [0.25, 0.3) is 0 Å². The van der Waals surface area contributed by atoms with Gasteiger partial charge in [-0.05, 0) is 35.9 Å². The molecule has 0 aliphatic carbocycles. The summed E-state index contributed by atoms with van der Waals surface area (Å²) in [6, 6.07) is 11.5. The number of rotatable bonds is 4. The van der Waals surface area contributed by atoms with Gasteiger partial charge in [-0.2, -0.15) is 0 Å². The van der Waals surface area contributed by atoms with E-state index in [9.17, 15) is 9.18 Å². The van der Waals surface area contributed by atoms with Gasteiger partial charge in [-0.3, -0.25) is 4.79 Å². The lowest BCUT2D eigenvalue weighted by atomic mass is 10.1. The molecule has 0 aromatic heterocycles. The van der Waals surface area contributed by atoms with E-state index in [4.69, 9.17) is 10.5 Å². The van der Waals surface area contributed by atoms with E-state index < -0.39 is 11.8 Å². The number of ether oxygens (including phenoxy) is 1. The van der Waals surface area contributed by atoms with Crippen molar-refractivity contribution in [3.05, 3.63) is 63.9 Å². The fourth-order valence-electron chi connectivity index (χ4n) is 1.67. The molecule has 0 unspecified atom stereocenters. The minimum Gasteiger partial charge on any atom is -0.460 e. The van der Waals surface area contributed by atoms with E-state index >= 15 is 0 Å². The van der Waals surface area contributed by atoms with Crippen LogP contribution in [0.3, 0.4) is 0 Å². The first kappa shape index (κ1) is 14.5. The summed E-state index contributed by atoms with van der Waals surface area (Å²) in [5.74, 6) is -0.803. The number of nitrogen functional groups attached to an aromatic ring is 1. The highest BCUT2D eigenvalue weighted by Crippen LogP contribution is 2.16. The Kier molecular flexibility index (Phi) is 4.74. The Morgan fingerprint density at radius 2 is 1.90 bits per heavy atom. The fraction of sp³-hybridized carbons (Fsp3) is 0.133. The molecular formula is C15H13BrFNO2. The van der Waals surface area contributed by atoms with Crippen LogP contribution in [0, 0.1) is 5.82 Å². The van der Waals surface area contributed by atoms with Crippen LogP contribution in [0.1, 0.15) is 11.1 Å². The molecule has 0 saturated carbocycles. The molecule has 104 valence electrons. The topological polar surface area (TPSA) is 52.3 Å². The third kappa shape index (κ3) is 4.06. The summed E-state index contributed by atoms with van der Waals surface area (Å²) in [5.41, 5.74) is 7.34. The fourth-order valence-corrected chi connectivity index (χ4v) is 2.07. The van der Waals surface area contributed by atoms with Crippen molar-refractivity contribution >= 4 is 27.6 Å². The summed E-state index contributed by atoms with van der Waals surface area (Å²) in [7, 11) is 0. The predicted octanol–water partition coefficient (Wildman–Crippen LogP) is 3.46. The molecule has 0 aliphatic heterocycles. The molecule has 0 radical (unpaired) electrons. The molecule has 2 aromatic carbocycles. The molecule has 0 aliphatic rings. The van der Waals surface area contributed by atoms with Crippen molar-refractivity contribution < 1.29 is 13.9 Å². The number of hydrogen-bond donors (Lipinski definition) is 1. The van der Waals surface area contributed by atoms with Gasteiger partial charge in [-0.1, -0.05) is 28.1 Å². The summed E-state index contributed by atoms with van der Waals surface area (Å²) in [6.45, 7) is -0.0842. The molecule has 3 nitrogen and oxygen atoms in total. The third-order valence-electron chi connectivity index (χ3n) is 2.72. The van der Waals surface area contributed by atoms with Crippen molar-refractivity contribution in [2.24, 2.45) is 0 Å². The SMILES string of the molecule is Nc1ccc(CC(=O)OCc2cc(Br)ccc2F)cc1. The van der Waals surface area contributed by atoms with Crippen LogP contribution in [0.15, 0.2) is 46.9 Å². The summed E-state index contributed by atoms with van der Waals surface area (Å²) < 4.78 is 19.3. The summed E-state index contributed by atoms with van der Waals surface area (Å²) in [4.78, 5) is 11.7. The first-order valence-electron chi connectivity index (χ1n) is 5.98. The zero-order valence-electron chi connectivity index (χ0n) is 10.6. The largest absolute Gasteiger partial charge is 0.460 e. The minimum atomic E-state index is -0.408. The normalized spacial score (nSPS) is 10.3. The predicted molar refractivity (Wildman–Crippen MR) is 78.5 cm³/mol. The van der Waals surface area contributed by atoms with E-state index in [-0.39, 0.29) is 13.0 Å². The van der Waals surface area contributed by atoms with E-state index in [1.165, 1.54) is 6.07 Å². The van der Waals surface area contributed by atoms with Crippen LogP contribution in [0.4, 0.5) is 10.1 Å². The van der Waals surface area contributed by atoms with Crippen LogP contribution < -0.4 is 5.73 Å². The number of carbonyl (C=O) groups is 1. The molecule has 0 heterocycles. The number of hydrogen-bond acceptors (Lipinski definition) is 3. The Bertz CT molecular complexity index is 614. The van der Waals surface area contributed by atoms with E-state index in [0.29, 0.717) is 11.3 Å². The second-order valence-corrected chi connectivity index (χ2v) is 5.23. The first-order valence-corrected chi connectivity index (χ1v) is 6.78. The van der Waals surface area contributed by atoms with Gasteiger partial charge in [0, 0.05) is 15.7 Å². The Morgan fingerprint density at radius 3 is 2.60 bits per heavy atom. The van der Waals surface area contributed by atoms with Crippen LogP contribution in [-0.2, 0) is 22.6 Å². The summed E-state index contributed by atoms with van der Waals surface area (Å²) in [6.07, 6.45) is 0.135. The zero-order valence-corrected chi connectivity index (χ0v) is 12.2. The van der Waals surface area contributed by atoms with Gasteiger partial charge in [0.15, 0.2) is 0 Å². The number of esters is 1. The first-order chi connectivity index (χ1) is 9.54. The van der Waals surface area contributed by atoms with Crippen molar-refractivity contribution in [2.45, 2.75) is 13.0 Å². The number of benzene rings is 2. The summed E-state index contributed by atoms with van der Waals surface area (Å²) >= 11 is 3.24. The Morgan fingerprint density at radius 1 is 1.20 bits per heavy atom. The van der Waals surface area contributed by atoms with Crippen molar-refractivity contribution in [1.82, 2.24) is 0 Å². The zero-order chi connectivity index (χ0) is 14.5. The van der Waals surface area contributed by atoms with Crippen molar-refractivity contribution in [1.29, 1.82) is 0 Å². The van der Waals surface area contributed by atoms with Crippen LogP contribution in [0.2, 0.25) is 0 Å². The quantitative estimate of drug-likeness (QED) is 0.686. The lowest BCUT2D eigenvalue weighted by Crippen LogP contribution is -2.08. The average Bonchev–Trinajstić information content (AvgIpc) is 2.42. The third-order valence-corrected chi connectivity index (χ3v) is 3.22. The molecule has 2 aromatic rings. The smallest absolute Gasteiger partial charge is 0.310 e. The second-order valence-electron chi connectivity index (χ2n) is 4.31. The van der Waals surface area contributed by atoms with Crippen LogP contribution in [0.5, 0.6) is 0 Å².